The van der Waals surface area contributed by atoms with E-state index in [0.29, 0.717) is 10.1 Å². The van der Waals surface area contributed by atoms with Gasteiger partial charge in [0.05, 0.1) is 10.6 Å². The maximum absolute atomic E-state index is 13.0. The average molecular weight is 373 g/mol. The number of carbonyl (C=O) groups is 1. The van der Waals surface area contributed by atoms with Crippen molar-refractivity contribution in [2.24, 2.45) is 4.99 Å². The van der Waals surface area contributed by atoms with Crippen molar-refractivity contribution in [1.82, 2.24) is 10.0 Å². The summed E-state index contributed by atoms with van der Waals surface area (Å²) >= 11 is 1.40. The molecule has 1 amide bonds. The van der Waals surface area contributed by atoms with Crippen LogP contribution in [-0.2, 0) is 4.79 Å². The smallest absolute Gasteiger partial charge is 0.267 e. The number of nitrogens with zero attached hydrogens (tertiary/aromatic N) is 3. The Labute approximate surface area is 162 Å². The number of hydrogen-bond acceptors (Lipinski definition) is 4. The van der Waals surface area contributed by atoms with E-state index in [-0.39, 0.29) is 5.91 Å². The molecule has 3 aromatic carbocycles. The molecular weight excluding hydrogens is 354 g/mol. The molecule has 0 unspecified atom stereocenters. The molecule has 1 aliphatic rings. The van der Waals surface area contributed by atoms with Gasteiger partial charge in [0.15, 0.2) is 5.17 Å². The van der Waals surface area contributed by atoms with Crippen LogP contribution in [0, 0.1) is 0 Å². The number of thioether (sulfide) groups is 1. The number of amides is 1. The lowest BCUT2D eigenvalue weighted by molar-refractivity contribution is -0.130. The first-order valence-electron chi connectivity index (χ1n) is 8.66. The van der Waals surface area contributed by atoms with Gasteiger partial charge in [0.2, 0.25) is 0 Å². The molecule has 4 rings (SSSR count). The summed E-state index contributed by atoms with van der Waals surface area (Å²) in [6.45, 7) is 0. The molecule has 0 aliphatic carbocycles. The maximum atomic E-state index is 13.0. The molecule has 1 saturated heterocycles. The van der Waals surface area contributed by atoms with Gasteiger partial charge in [-0.1, -0.05) is 60.7 Å². The molecule has 0 radical (unpaired) electrons. The van der Waals surface area contributed by atoms with Crippen molar-refractivity contribution in [3.8, 4) is 0 Å². The molecule has 134 valence electrons. The molecule has 1 fully saturated rings. The van der Waals surface area contributed by atoms with Crippen LogP contribution in [0.3, 0.4) is 0 Å². The molecule has 0 spiro atoms. The SMILES string of the molecule is CN(C)N1C(=O)/C(=C/c2cccc3ccccc23)SC1=Nc1ccccc1. The highest BCUT2D eigenvalue weighted by atomic mass is 32.2. The van der Waals surface area contributed by atoms with Crippen LogP contribution in [0.25, 0.3) is 16.8 Å². The van der Waals surface area contributed by atoms with Crippen LogP contribution in [0.1, 0.15) is 5.56 Å². The Morgan fingerprint density at radius 1 is 0.926 bits per heavy atom. The number of fused-ring (bicyclic) bond motifs is 1. The van der Waals surface area contributed by atoms with E-state index in [9.17, 15) is 4.79 Å². The first-order valence-corrected chi connectivity index (χ1v) is 9.48. The third-order valence-electron chi connectivity index (χ3n) is 4.28. The molecule has 0 atom stereocenters. The van der Waals surface area contributed by atoms with E-state index in [4.69, 9.17) is 0 Å². The third-order valence-corrected chi connectivity index (χ3v) is 5.24. The Kier molecular flexibility index (Phi) is 4.79. The number of hydrogen-bond donors (Lipinski definition) is 0. The van der Waals surface area contributed by atoms with Crippen LogP contribution in [-0.4, -0.2) is 35.2 Å². The zero-order valence-electron chi connectivity index (χ0n) is 15.2. The molecule has 27 heavy (non-hydrogen) atoms. The van der Waals surface area contributed by atoms with Crippen molar-refractivity contribution < 1.29 is 4.79 Å². The summed E-state index contributed by atoms with van der Waals surface area (Å²) < 4.78 is 0. The summed E-state index contributed by atoms with van der Waals surface area (Å²) in [6, 6.07) is 24.0. The number of rotatable bonds is 3. The molecule has 0 aromatic heterocycles. The minimum absolute atomic E-state index is 0.0624. The zero-order chi connectivity index (χ0) is 18.8. The molecule has 0 N–H and O–H groups in total. The van der Waals surface area contributed by atoms with Crippen LogP contribution in [0.4, 0.5) is 5.69 Å². The predicted molar refractivity (Wildman–Crippen MR) is 114 cm³/mol. The first-order chi connectivity index (χ1) is 13.1. The predicted octanol–water partition coefficient (Wildman–Crippen LogP) is 4.92. The zero-order valence-corrected chi connectivity index (χ0v) is 16.0. The van der Waals surface area contributed by atoms with Gasteiger partial charge in [-0.05, 0) is 46.3 Å². The Morgan fingerprint density at radius 3 is 2.41 bits per heavy atom. The van der Waals surface area contributed by atoms with Gasteiger partial charge in [-0.15, -0.1) is 0 Å². The van der Waals surface area contributed by atoms with E-state index in [1.54, 1.807) is 10.0 Å². The van der Waals surface area contributed by atoms with E-state index in [1.165, 1.54) is 11.8 Å². The Bertz CT molecular complexity index is 1050. The van der Waals surface area contributed by atoms with Crippen molar-refractivity contribution in [2.45, 2.75) is 0 Å². The summed E-state index contributed by atoms with van der Waals surface area (Å²) in [5, 5.41) is 6.31. The van der Waals surface area contributed by atoms with E-state index in [0.717, 1.165) is 22.0 Å². The Morgan fingerprint density at radius 2 is 1.63 bits per heavy atom. The van der Waals surface area contributed by atoms with E-state index < -0.39 is 0 Å². The third kappa shape index (κ3) is 3.52. The lowest BCUT2D eigenvalue weighted by atomic mass is 10.0. The highest BCUT2D eigenvalue weighted by molar-refractivity contribution is 8.18. The monoisotopic (exact) mass is 373 g/mol. The van der Waals surface area contributed by atoms with E-state index in [1.807, 2.05) is 74.8 Å². The second-order valence-corrected chi connectivity index (χ2v) is 7.38. The van der Waals surface area contributed by atoms with Gasteiger partial charge >= 0.3 is 0 Å². The maximum Gasteiger partial charge on any atom is 0.281 e. The second kappa shape index (κ2) is 7.39. The van der Waals surface area contributed by atoms with Gasteiger partial charge in [0.1, 0.15) is 0 Å². The minimum atomic E-state index is -0.0624. The summed E-state index contributed by atoms with van der Waals surface area (Å²) in [5.41, 5.74) is 1.86. The molecule has 0 saturated carbocycles. The first kappa shape index (κ1) is 17.5. The number of amidine groups is 1. The van der Waals surface area contributed by atoms with Crippen LogP contribution < -0.4 is 0 Å². The minimum Gasteiger partial charge on any atom is -0.267 e. The van der Waals surface area contributed by atoms with Crippen LogP contribution in [0.2, 0.25) is 0 Å². The molecule has 1 heterocycles. The summed E-state index contributed by atoms with van der Waals surface area (Å²) in [6.07, 6.45) is 1.96. The highest BCUT2D eigenvalue weighted by Gasteiger charge is 2.35. The summed E-state index contributed by atoms with van der Waals surface area (Å²) in [5.74, 6) is -0.0624. The summed E-state index contributed by atoms with van der Waals surface area (Å²) in [4.78, 5) is 18.3. The lowest BCUT2D eigenvalue weighted by Crippen LogP contribution is -2.40. The quantitative estimate of drug-likeness (QED) is 0.611. The number of carbonyl (C=O) groups excluding carboxylic acids is 1. The fourth-order valence-electron chi connectivity index (χ4n) is 3.02. The van der Waals surface area contributed by atoms with Crippen LogP contribution in [0.15, 0.2) is 82.7 Å². The summed E-state index contributed by atoms with van der Waals surface area (Å²) in [7, 11) is 3.69. The van der Waals surface area contributed by atoms with Crippen LogP contribution >= 0.6 is 11.8 Å². The van der Waals surface area contributed by atoms with Gasteiger partial charge in [0, 0.05) is 14.1 Å². The van der Waals surface area contributed by atoms with Crippen molar-refractivity contribution >= 4 is 45.4 Å². The largest absolute Gasteiger partial charge is 0.281 e. The molecule has 4 nitrogen and oxygen atoms in total. The number of aliphatic imine (C=N–C) groups is 1. The van der Waals surface area contributed by atoms with E-state index >= 15 is 0 Å². The van der Waals surface area contributed by atoms with Crippen molar-refractivity contribution in [3.05, 3.63) is 83.3 Å². The highest BCUT2D eigenvalue weighted by Crippen LogP contribution is 2.35. The van der Waals surface area contributed by atoms with Gasteiger partial charge in [0.25, 0.3) is 5.91 Å². The standard InChI is InChI=1S/C22H19N3OS/c1-24(2)25-21(26)20(27-22(25)23-18-12-4-3-5-13-18)15-17-11-8-10-16-9-6-7-14-19(16)17/h3-15H,1-2H3/b20-15-,23-22?. The normalized spacial score (nSPS) is 17.6. The topological polar surface area (TPSA) is 35.9 Å². The fraction of sp³-hybridized carbons (Fsp3) is 0.0909. The molecular formula is C22H19N3OS. The Balaban J connectivity index is 1.76. The average Bonchev–Trinajstić information content (AvgIpc) is 2.98. The van der Waals surface area contributed by atoms with Gasteiger partial charge in [-0.2, -0.15) is 0 Å². The second-order valence-electron chi connectivity index (χ2n) is 6.37. The molecule has 3 aromatic rings. The van der Waals surface area contributed by atoms with Crippen LogP contribution in [0.5, 0.6) is 0 Å². The van der Waals surface area contributed by atoms with Crippen molar-refractivity contribution in [1.29, 1.82) is 0 Å². The number of para-hydroxylation sites is 1. The molecule has 5 heteroatoms. The fourth-order valence-corrected chi connectivity index (χ4v) is 4.06. The van der Waals surface area contributed by atoms with Gasteiger partial charge in [-0.3, -0.25) is 4.79 Å². The van der Waals surface area contributed by atoms with Gasteiger partial charge in [-0.25, -0.2) is 15.0 Å². The molecule has 0 bridgehead atoms. The van der Waals surface area contributed by atoms with Gasteiger partial charge < -0.3 is 0 Å². The number of benzene rings is 3. The Hall–Kier alpha value is -2.89. The van der Waals surface area contributed by atoms with E-state index in [2.05, 4.69) is 23.2 Å². The van der Waals surface area contributed by atoms with Crippen molar-refractivity contribution in [3.63, 3.8) is 0 Å². The lowest BCUT2D eigenvalue weighted by Gasteiger charge is -2.22. The molecule has 1 aliphatic heterocycles. The van der Waals surface area contributed by atoms with Crippen molar-refractivity contribution in [2.75, 3.05) is 14.1 Å². The number of hydrazine groups is 1.